The van der Waals surface area contributed by atoms with E-state index >= 15 is 0 Å². The third-order valence-electron chi connectivity index (χ3n) is 3.14. The van der Waals surface area contributed by atoms with Crippen molar-refractivity contribution in [1.82, 2.24) is 4.90 Å². The fraction of sp³-hybridized carbons (Fsp3) is 1.00. The smallest absolute Gasteiger partial charge is 0.100 e. The number of piperidine rings is 1. The van der Waals surface area contributed by atoms with Crippen LogP contribution in [0.15, 0.2) is 0 Å². The van der Waals surface area contributed by atoms with Crippen molar-refractivity contribution in [2.24, 2.45) is 5.92 Å². The number of aliphatic hydroxyl groups excluding tert-OH is 1. The molecule has 1 atom stereocenters. The van der Waals surface area contributed by atoms with Crippen molar-refractivity contribution in [1.29, 1.82) is 0 Å². The summed E-state index contributed by atoms with van der Waals surface area (Å²) in [5.41, 5.74) is -0.812. The van der Waals surface area contributed by atoms with E-state index in [1.165, 1.54) is 12.8 Å². The maximum absolute atomic E-state index is 9.89. The first-order valence-electron chi connectivity index (χ1n) is 5.27. The van der Waals surface area contributed by atoms with Crippen LogP contribution in [0.1, 0.15) is 25.7 Å². The molecule has 1 saturated carbocycles. The second-order valence-electron chi connectivity index (χ2n) is 4.66. The van der Waals surface area contributed by atoms with Gasteiger partial charge < -0.3 is 15.1 Å². The van der Waals surface area contributed by atoms with Crippen molar-refractivity contribution in [3.8, 4) is 0 Å². The monoisotopic (exact) mass is 185 g/mol. The fourth-order valence-corrected chi connectivity index (χ4v) is 2.16. The van der Waals surface area contributed by atoms with Gasteiger partial charge in [0.25, 0.3) is 0 Å². The third kappa shape index (κ3) is 2.42. The second kappa shape index (κ2) is 3.56. The van der Waals surface area contributed by atoms with Crippen LogP contribution in [0.5, 0.6) is 0 Å². The Bertz CT molecular complexity index is 182. The van der Waals surface area contributed by atoms with E-state index in [0.717, 1.165) is 31.8 Å². The van der Waals surface area contributed by atoms with Crippen molar-refractivity contribution >= 4 is 0 Å². The molecule has 1 heterocycles. The number of β-amino-alcohol motifs (C(OH)–C–C–N with tert-alkyl or cyclic N) is 1. The molecule has 3 nitrogen and oxygen atoms in total. The van der Waals surface area contributed by atoms with Crippen molar-refractivity contribution in [3.63, 3.8) is 0 Å². The summed E-state index contributed by atoms with van der Waals surface area (Å²) in [5, 5.41) is 18.9. The summed E-state index contributed by atoms with van der Waals surface area (Å²) < 4.78 is 0. The van der Waals surface area contributed by atoms with Gasteiger partial charge in [0.2, 0.25) is 0 Å². The minimum atomic E-state index is -0.812. The zero-order valence-electron chi connectivity index (χ0n) is 8.08. The Morgan fingerprint density at radius 3 is 2.77 bits per heavy atom. The number of hydrogen-bond donors (Lipinski definition) is 2. The maximum Gasteiger partial charge on any atom is 0.100 e. The predicted octanol–water partition coefficient (Wildman–Crippen LogP) is 0.216. The molecular weight excluding hydrogens is 166 g/mol. The van der Waals surface area contributed by atoms with Crippen molar-refractivity contribution < 1.29 is 10.2 Å². The predicted molar refractivity (Wildman–Crippen MR) is 50.4 cm³/mol. The van der Waals surface area contributed by atoms with E-state index in [1.807, 2.05) is 0 Å². The van der Waals surface area contributed by atoms with Crippen LogP contribution >= 0.6 is 0 Å². The van der Waals surface area contributed by atoms with Crippen molar-refractivity contribution in [3.05, 3.63) is 0 Å². The minimum Gasteiger partial charge on any atom is -0.393 e. The Morgan fingerprint density at radius 1 is 1.38 bits per heavy atom. The molecule has 3 heteroatoms. The number of likely N-dealkylation sites (tertiary alicyclic amines) is 1. The van der Waals surface area contributed by atoms with E-state index in [4.69, 9.17) is 5.11 Å². The first-order chi connectivity index (χ1) is 6.22. The van der Waals surface area contributed by atoms with E-state index in [1.54, 1.807) is 0 Å². The summed E-state index contributed by atoms with van der Waals surface area (Å²) in [7, 11) is 0. The van der Waals surface area contributed by atoms with E-state index in [2.05, 4.69) is 4.90 Å². The molecule has 1 aliphatic carbocycles. The highest BCUT2D eigenvalue weighted by atomic mass is 16.3. The molecule has 0 aromatic rings. The Labute approximate surface area is 79.4 Å². The summed E-state index contributed by atoms with van der Waals surface area (Å²) in [6.07, 6.45) is 4.48. The van der Waals surface area contributed by atoms with Gasteiger partial charge in [-0.2, -0.15) is 0 Å². The molecule has 0 aromatic carbocycles. The normalized spacial score (nSPS) is 36.5. The first-order valence-corrected chi connectivity index (χ1v) is 5.27. The molecule has 1 unspecified atom stereocenters. The Morgan fingerprint density at radius 2 is 2.15 bits per heavy atom. The highest BCUT2D eigenvalue weighted by Crippen LogP contribution is 2.31. The van der Waals surface area contributed by atoms with Gasteiger partial charge in [-0.25, -0.2) is 0 Å². The van der Waals surface area contributed by atoms with Crippen LogP contribution in [0.2, 0.25) is 0 Å². The molecule has 13 heavy (non-hydrogen) atoms. The molecule has 0 bridgehead atoms. The van der Waals surface area contributed by atoms with Crippen LogP contribution in [0.3, 0.4) is 0 Å². The molecule has 0 aromatic heterocycles. The van der Waals surface area contributed by atoms with Crippen molar-refractivity contribution in [2.75, 3.05) is 26.2 Å². The quantitative estimate of drug-likeness (QED) is 0.661. The highest BCUT2D eigenvalue weighted by molar-refractivity contribution is 4.88. The SMILES string of the molecule is OCC1(O)CCCN(CC2CC2)C1. The van der Waals surface area contributed by atoms with E-state index < -0.39 is 5.60 Å². The molecule has 0 amide bonds. The molecule has 2 aliphatic rings. The lowest BCUT2D eigenvalue weighted by molar-refractivity contribution is -0.0675. The number of hydrogen-bond acceptors (Lipinski definition) is 3. The van der Waals surface area contributed by atoms with Gasteiger partial charge >= 0.3 is 0 Å². The van der Waals surface area contributed by atoms with Gasteiger partial charge in [0, 0.05) is 13.1 Å². The van der Waals surface area contributed by atoms with Crippen LogP contribution in [0.25, 0.3) is 0 Å². The molecule has 1 saturated heterocycles. The van der Waals surface area contributed by atoms with Gasteiger partial charge in [-0.3, -0.25) is 0 Å². The molecule has 0 radical (unpaired) electrons. The van der Waals surface area contributed by atoms with Crippen LogP contribution < -0.4 is 0 Å². The zero-order chi connectivity index (χ0) is 9.31. The minimum absolute atomic E-state index is 0.0891. The van der Waals surface area contributed by atoms with Crippen LogP contribution in [0.4, 0.5) is 0 Å². The van der Waals surface area contributed by atoms with Gasteiger partial charge in [0.05, 0.1) is 6.61 Å². The molecule has 2 N–H and O–H groups in total. The van der Waals surface area contributed by atoms with Gasteiger partial charge in [-0.1, -0.05) is 0 Å². The zero-order valence-corrected chi connectivity index (χ0v) is 8.08. The van der Waals surface area contributed by atoms with Crippen molar-refractivity contribution in [2.45, 2.75) is 31.3 Å². The van der Waals surface area contributed by atoms with Gasteiger partial charge in [-0.15, -0.1) is 0 Å². The lowest BCUT2D eigenvalue weighted by Crippen LogP contribution is -2.50. The topological polar surface area (TPSA) is 43.7 Å². The third-order valence-corrected chi connectivity index (χ3v) is 3.14. The summed E-state index contributed by atoms with van der Waals surface area (Å²) in [4.78, 5) is 2.30. The van der Waals surface area contributed by atoms with Gasteiger partial charge in [0.1, 0.15) is 5.60 Å². The number of rotatable bonds is 3. The second-order valence-corrected chi connectivity index (χ2v) is 4.66. The largest absolute Gasteiger partial charge is 0.393 e. The Balaban J connectivity index is 1.83. The van der Waals surface area contributed by atoms with E-state index in [0.29, 0.717) is 6.54 Å². The number of aliphatic hydroxyl groups is 2. The average molecular weight is 185 g/mol. The van der Waals surface area contributed by atoms with E-state index in [-0.39, 0.29) is 6.61 Å². The van der Waals surface area contributed by atoms with Crippen LogP contribution in [-0.4, -0.2) is 47.0 Å². The lowest BCUT2D eigenvalue weighted by Gasteiger charge is -2.38. The molecule has 2 fully saturated rings. The first kappa shape index (κ1) is 9.44. The Kier molecular flexibility index (Phi) is 2.58. The summed E-state index contributed by atoms with van der Waals surface area (Å²) in [5.74, 6) is 0.876. The average Bonchev–Trinajstić information content (AvgIpc) is 2.89. The summed E-state index contributed by atoms with van der Waals surface area (Å²) in [6, 6.07) is 0. The molecule has 1 aliphatic heterocycles. The molecular formula is C10H19NO2. The van der Waals surface area contributed by atoms with Gasteiger partial charge in [0.15, 0.2) is 0 Å². The molecule has 2 rings (SSSR count). The summed E-state index contributed by atoms with van der Waals surface area (Å²) in [6.45, 7) is 2.80. The standard InChI is InChI=1S/C10H19NO2/c12-8-10(13)4-1-5-11(7-10)6-9-2-3-9/h9,12-13H,1-8H2. The van der Waals surface area contributed by atoms with Crippen LogP contribution in [-0.2, 0) is 0 Å². The maximum atomic E-state index is 9.89. The van der Waals surface area contributed by atoms with E-state index in [9.17, 15) is 5.11 Å². The number of nitrogens with zero attached hydrogens (tertiary/aromatic N) is 1. The van der Waals surface area contributed by atoms with Gasteiger partial charge in [-0.05, 0) is 38.1 Å². The molecule has 76 valence electrons. The summed E-state index contributed by atoms with van der Waals surface area (Å²) >= 11 is 0. The highest BCUT2D eigenvalue weighted by Gasteiger charge is 2.34. The lowest BCUT2D eigenvalue weighted by atomic mass is 9.94. The van der Waals surface area contributed by atoms with Crippen LogP contribution in [0, 0.1) is 5.92 Å². The molecule has 0 spiro atoms. The Hall–Kier alpha value is -0.120. The fourth-order valence-electron chi connectivity index (χ4n) is 2.16.